The minimum absolute atomic E-state index is 0.110. The van der Waals surface area contributed by atoms with Crippen LogP contribution in [0.4, 0.5) is 24.8 Å². The lowest BCUT2D eigenvalue weighted by molar-refractivity contribution is -0.141. The fourth-order valence-electron chi connectivity index (χ4n) is 2.73. The summed E-state index contributed by atoms with van der Waals surface area (Å²) in [6.45, 7) is 3.05. The van der Waals surface area contributed by atoms with Gasteiger partial charge in [0, 0.05) is 23.6 Å². The fourth-order valence-corrected chi connectivity index (χ4v) is 2.73. The lowest BCUT2D eigenvalue weighted by atomic mass is 10.1. The van der Waals surface area contributed by atoms with Crippen molar-refractivity contribution in [3.63, 3.8) is 0 Å². The highest BCUT2D eigenvalue weighted by molar-refractivity contribution is 5.70. The van der Waals surface area contributed by atoms with Crippen LogP contribution in [0.25, 0.3) is 11.1 Å². The molecule has 0 spiro atoms. The quantitative estimate of drug-likeness (QED) is 0.581. The van der Waals surface area contributed by atoms with E-state index in [4.69, 9.17) is 0 Å². The topological polar surface area (TPSA) is 96.1 Å². The first kappa shape index (κ1) is 20.7. The van der Waals surface area contributed by atoms with Crippen molar-refractivity contribution in [1.82, 2.24) is 19.7 Å². The molecule has 1 aromatic carbocycles. The Morgan fingerprint density at radius 1 is 1.17 bits per heavy atom. The SMILES string of the molecule is Cc1cc(Nc2nccc(C(F)(F)F)n2)cc(-c2cnn(C[C@](C)(O)CO)c2)c1. The first-order valence-corrected chi connectivity index (χ1v) is 8.71. The van der Waals surface area contributed by atoms with Gasteiger partial charge in [-0.3, -0.25) is 4.68 Å². The van der Waals surface area contributed by atoms with Crippen LogP contribution >= 0.6 is 0 Å². The van der Waals surface area contributed by atoms with Gasteiger partial charge in [-0.05, 0) is 43.2 Å². The van der Waals surface area contributed by atoms with E-state index in [-0.39, 0.29) is 12.5 Å². The minimum Gasteiger partial charge on any atom is -0.393 e. The fraction of sp³-hybridized carbons (Fsp3) is 0.316. The van der Waals surface area contributed by atoms with Gasteiger partial charge in [0.05, 0.1) is 19.3 Å². The molecule has 154 valence electrons. The van der Waals surface area contributed by atoms with Gasteiger partial charge >= 0.3 is 6.18 Å². The normalized spacial score (nSPS) is 13.9. The Morgan fingerprint density at radius 3 is 2.62 bits per heavy atom. The highest BCUT2D eigenvalue weighted by Gasteiger charge is 2.32. The number of rotatable bonds is 6. The second-order valence-electron chi connectivity index (χ2n) is 7.06. The van der Waals surface area contributed by atoms with Gasteiger partial charge < -0.3 is 15.5 Å². The summed E-state index contributed by atoms with van der Waals surface area (Å²) in [7, 11) is 0. The average Bonchev–Trinajstić information content (AvgIpc) is 3.08. The van der Waals surface area contributed by atoms with Crippen molar-refractivity contribution in [1.29, 1.82) is 0 Å². The number of aromatic nitrogens is 4. The van der Waals surface area contributed by atoms with E-state index in [1.54, 1.807) is 24.5 Å². The Balaban J connectivity index is 1.85. The molecule has 3 aromatic rings. The molecule has 0 saturated carbocycles. The molecule has 2 heterocycles. The summed E-state index contributed by atoms with van der Waals surface area (Å²) in [4.78, 5) is 7.35. The smallest absolute Gasteiger partial charge is 0.393 e. The summed E-state index contributed by atoms with van der Waals surface area (Å²) in [6.07, 6.45) is -0.191. The number of nitrogens with one attached hydrogen (secondary N) is 1. The maximum absolute atomic E-state index is 12.8. The van der Waals surface area contributed by atoms with Gasteiger partial charge in [0.2, 0.25) is 5.95 Å². The molecule has 0 aliphatic carbocycles. The summed E-state index contributed by atoms with van der Waals surface area (Å²) in [6, 6.07) is 6.20. The number of hydrogen-bond acceptors (Lipinski definition) is 6. The molecule has 0 saturated heterocycles. The molecule has 29 heavy (non-hydrogen) atoms. The number of hydrogen-bond donors (Lipinski definition) is 3. The van der Waals surface area contributed by atoms with Gasteiger partial charge in [0.25, 0.3) is 0 Å². The Hall–Kier alpha value is -2.98. The third-order valence-corrected chi connectivity index (χ3v) is 4.09. The van der Waals surface area contributed by atoms with Gasteiger partial charge in [-0.2, -0.15) is 18.3 Å². The number of aryl methyl sites for hydroxylation is 1. The molecule has 1 atom stereocenters. The maximum Gasteiger partial charge on any atom is 0.433 e. The molecule has 3 rings (SSSR count). The number of anilines is 2. The van der Waals surface area contributed by atoms with Crippen LogP contribution in [0.2, 0.25) is 0 Å². The van der Waals surface area contributed by atoms with Gasteiger partial charge in [0.1, 0.15) is 11.3 Å². The predicted octanol–water partition coefficient (Wildman–Crippen LogP) is 3.15. The third-order valence-electron chi connectivity index (χ3n) is 4.09. The molecule has 7 nitrogen and oxygen atoms in total. The zero-order valence-electron chi connectivity index (χ0n) is 15.8. The molecular formula is C19H20F3N5O2. The van der Waals surface area contributed by atoms with Gasteiger partial charge in [-0.1, -0.05) is 6.07 Å². The number of aliphatic hydroxyl groups is 2. The van der Waals surface area contributed by atoms with E-state index in [1.165, 1.54) is 11.6 Å². The summed E-state index contributed by atoms with van der Waals surface area (Å²) < 4.78 is 40.0. The van der Waals surface area contributed by atoms with E-state index in [2.05, 4.69) is 20.4 Å². The monoisotopic (exact) mass is 407 g/mol. The molecule has 10 heteroatoms. The molecule has 0 aliphatic rings. The van der Waals surface area contributed by atoms with E-state index < -0.39 is 24.1 Å². The van der Waals surface area contributed by atoms with Crippen LogP contribution in [0.3, 0.4) is 0 Å². The maximum atomic E-state index is 12.8. The first-order valence-electron chi connectivity index (χ1n) is 8.71. The summed E-state index contributed by atoms with van der Waals surface area (Å²) in [5, 5.41) is 26.1. The zero-order valence-corrected chi connectivity index (χ0v) is 15.8. The van der Waals surface area contributed by atoms with Crippen LogP contribution < -0.4 is 5.32 Å². The molecule has 0 fully saturated rings. The van der Waals surface area contributed by atoms with Crippen molar-refractivity contribution in [3.05, 3.63) is 54.1 Å². The summed E-state index contributed by atoms with van der Waals surface area (Å²) in [5.74, 6) is -0.161. The molecule has 0 unspecified atom stereocenters. The van der Waals surface area contributed by atoms with Crippen molar-refractivity contribution in [2.75, 3.05) is 11.9 Å². The first-order chi connectivity index (χ1) is 13.6. The zero-order chi connectivity index (χ0) is 21.2. The number of halogens is 3. The van der Waals surface area contributed by atoms with E-state index in [0.717, 1.165) is 29.0 Å². The summed E-state index contributed by atoms with van der Waals surface area (Å²) in [5.41, 5.74) is 0.579. The van der Waals surface area contributed by atoms with Crippen molar-refractivity contribution < 1.29 is 23.4 Å². The van der Waals surface area contributed by atoms with Crippen LogP contribution in [0.1, 0.15) is 18.2 Å². The lowest BCUT2D eigenvalue weighted by Crippen LogP contribution is -2.34. The standard InChI is InChI=1S/C19H20F3N5O2/c1-12-5-13(14-8-24-27(9-14)10-18(2,29)11-28)7-15(6-12)25-17-23-4-3-16(26-17)19(20,21)22/h3-9,28-29H,10-11H2,1-2H3,(H,23,25,26)/t18-/m0/s1. The van der Waals surface area contributed by atoms with Crippen LogP contribution in [0.15, 0.2) is 42.9 Å². The number of benzene rings is 1. The van der Waals surface area contributed by atoms with Crippen molar-refractivity contribution in [2.45, 2.75) is 32.2 Å². The van der Waals surface area contributed by atoms with Gasteiger partial charge in [0.15, 0.2) is 0 Å². The van der Waals surface area contributed by atoms with E-state index >= 15 is 0 Å². The Labute approximate surface area is 164 Å². The van der Waals surface area contributed by atoms with E-state index in [0.29, 0.717) is 5.69 Å². The number of alkyl halides is 3. The third kappa shape index (κ3) is 5.30. The highest BCUT2D eigenvalue weighted by Crippen LogP contribution is 2.29. The second kappa shape index (κ2) is 7.80. The molecule has 0 aliphatic heterocycles. The predicted molar refractivity (Wildman–Crippen MR) is 100 cm³/mol. The van der Waals surface area contributed by atoms with Crippen LogP contribution in [0.5, 0.6) is 0 Å². The lowest BCUT2D eigenvalue weighted by Gasteiger charge is -2.19. The molecule has 0 amide bonds. The Morgan fingerprint density at radius 2 is 1.93 bits per heavy atom. The Bertz CT molecular complexity index is 1000. The van der Waals surface area contributed by atoms with E-state index in [1.807, 2.05) is 13.0 Å². The van der Waals surface area contributed by atoms with Crippen molar-refractivity contribution >= 4 is 11.6 Å². The van der Waals surface area contributed by atoms with Crippen LogP contribution in [0, 0.1) is 6.92 Å². The molecule has 0 radical (unpaired) electrons. The molecule has 0 bridgehead atoms. The largest absolute Gasteiger partial charge is 0.433 e. The Kier molecular flexibility index (Phi) is 5.58. The summed E-state index contributed by atoms with van der Waals surface area (Å²) >= 11 is 0. The van der Waals surface area contributed by atoms with Crippen molar-refractivity contribution in [3.8, 4) is 11.1 Å². The number of aliphatic hydroxyl groups excluding tert-OH is 1. The minimum atomic E-state index is -4.55. The number of nitrogens with zero attached hydrogens (tertiary/aromatic N) is 4. The highest BCUT2D eigenvalue weighted by atomic mass is 19.4. The van der Waals surface area contributed by atoms with Crippen LogP contribution in [-0.4, -0.2) is 42.2 Å². The molecular weight excluding hydrogens is 387 g/mol. The van der Waals surface area contributed by atoms with Gasteiger partial charge in [-0.25, -0.2) is 9.97 Å². The molecule has 3 N–H and O–H groups in total. The molecule has 2 aromatic heterocycles. The van der Waals surface area contributed by atoms with Crippen molar-refractivity contribution in [2.24, 2.45) is 0 Å². The second-order valence-corrected chi connectivity index (χ2v) is 7.06. The average molecular weight is 407 g/mol. The van der Waals surface area contributed by atoms with Gasteiger partial charge in [-0.15, -0.1) is 0 Å². The van der Waals surface area contributed by atoms with E-state index in [9.17, 15) is 23.4 Å². The van der Waals surface area contributed by atoms with Crippen LogP contribution in [-0.2, 0) is 12.7 Å².